The Balaban J connectivity index is 3.11. The molecule has 0 saturated heterocycles. The third-order valence-corrected chi connectivity index (χ3v) is 2.46. The lowest BCUT2D eigenvalue weighted by molar-refractivity contribution is -0.138. The maximum absolute atomic E-state index is 13.3. The maximum atomic E-state index is 13.3. The van der Waals surface area contributed by atoms with Gasteiger partial charge in [0.05, 0.1) is 11.6 Å². The third kappa shape index (κ3) is 2.94. The molecule has 1 aromatic carbocycles. The molecular weight excluding hydrogens is 302 g/mol. The number of rotatable bonds is 3. The molecule has 4 nitrogen and oxygen atoms in total. The lowest BCUT2D eigenvalue weighted by Gasteiger charge is -2.09. The van der Waals surface area contributed by atoms with Crippen LogP contribution in [0.15, 0.2) is 28.6 Å². The van der Waals surface area contributed by atoms with Gasteiger partial charge in [-0.05, 0) is 28.1 Å². The van der Waals surface area contributed by atoms with E-state index in [1.165, 1.54) is 0 Å². The van der Waals surface area contributed by atoms with Gasteiger partial charge in [0.2, 0.25) is 5.76 Å². The molecule has 1 rings (SSSR count). The van der Waals surface area contributed by atoms with E-state index in [4.69, 9.17) is 9.84 Å². The van der Waals surface area contributed by atoms with Crippen molar-refractivity contribution in [2.75, 3.05) is 7.11 Å². The molecule has 0 bridgehead atoms. The Morgan fingerprint density at radius 2 is 2.00 bits per heavy atom. The van der Waals surface area contributed by atoms with Gasteiger partial charge in [-0.25, -0.2) is 13.6 Å². The molecule has 0 unspecified atom stereocenters. The number of hydrogen-bond donors (Lipinski definition) is 1. The molecule has 0 saturated carbocycles. The second kappa shape index (κ2) is 5.62. The summed E-state index contributed by atoms with van der Waals surface area (Å²) in [7, 11) is 1.05. The minimum absolute atomic E-state index is 0.294. The summed E-state index contributed by atoms with van der Waals surface area (Å²) in [5.41, 5.74) is 0. The summed E-state index contributed by atoms with van der Waals surface area (Å²) >= 11 is 2.76. The van der Waals surface area contributed by atoms with Crippen LogP contribution in [-0.2, 0) is 9.53 Å². The summed E-state index contributed by atoms with van der Waals surface area (Å²) in [5, 5.41) is 8.72. The standard InChI is InChI=1S/C10H7BrF2O4/c1-16-10(15)7(4-14)17-9-6(13)3-2-5(12)8(9)11/h2-4,14H,1H3/b7-4+. The molecule has 0 spiro atoms. The quantitative estimate of drug-likeness (QED) is 0.404. The van der Waals surface area contributed by atoms with Gasteiger partial charge in [0, 0.05) is 0 Å². The van der Waals surface area contributed by atoms with Crippen LogP contribution in [0.25, 0.3) is 0 Å². The molecule has 0 aliphatic rings. The molecule has 0 amide bonds. The van der Waals surface area contributed by atoms with E-state index in [0.29, 0.717) is 6.26 Å². The summed E-state index contributed by atoms with van der Waals surface area (Å²) in [5.74, 6) is -3.93. The largest absolute Gasteiger partial charge is 0.511 e. The summed E-state index contributed by atoms with van der Waals surface area (Å²) in [6.45, 7) is 0. The third-order valence-electron chi connectivity index (χ3n) is 1.72. The lowest BCUT2D eigenvalue weighted by atomic mass is 10.3. The van der Waals surface area contributed by atoms with Crippen LogP contribution in [-0.4, -0.2) is 18.2 Å². The van der Waals surface area contributed by atoms with E-state index in [-0.39, 0.29) is 4.47 Å². The molecule has 0 atom stereocenters. The average molecular weight is 309 g/mol. The van der Waals surface area contributed by atoms with Crippen molar-refractivity contribution < 1.29 is 28.2 Å². The van der Waals surface area contributed by atoms with Crippen molar-refractivity contribution in [3.63, 3.8) is 0 Å². The molecule has 1 aromatic rings. The Morgan fingerprint density at radius 3 is 2.53 bits per heavy atom. The van der Waals surface area contributed by atoms with Gasteiger partial charge in [-0.3, -0.25) is 0 Å². The van der Waals surface area contributed by atoms with Crippen molar-refractivity contribution in [1.82, 2.24) is 0 Å². The highest BCUT2D eigenvalue weighted by atomic mass is 79.9. The molecule has 17 heavy (non-hydrogen) atoms. The van der Waals surface area contributed by atoms with Crippen molar-refractivity contribution in [2.24, 2.45) is 0 Å². The van der Waals surface area contributed by atoms with E-state index in [0.717, 1.165) is 19.2 Å². The number of methoxy groups -OCH3 is 1. The van der Waals surface area contributed by atoms with Gasteiger partial charge in [-0.2, -0.15) is 0 Å². The highest BCUT2D eigenvalue weighted by Crippen LogP contribution is 2.32. The number of carbonyl (C=O) groups is 1. The zero-order valence-electron chi connectivity index (χ0n) is 8.54. The Morgan fingerprint density at radius 1 is 1.41 bits per heavy atom. The van der Waals surface area contributed by atoms with Crippen molar-refractivity contribution in [3.05, 3.63) is 40.3 Å². The molecule has 0 aliphatic heterocycles. The molecule has 1 N–H and O–H groups in total. The Labute approximate surface area is 104 Å². The molecule has 7 heteroatoms. The van der Waals surface area contributed by atoms with Gasteiger partial charge in [-0.1, -0.05) is 0 Å². The first-order valence-electron chi connectivity index (χ1n) is 4.25. The van der Waals surface area contributed by atoms with E-state index in [2.05, 4.69) is 20.7 Å². The lowest BCUT2D eigenvalue weighted by Crippen LogP contribution is -2.12. The van der Waals surface area contributed by atoms with Crippen molar-refractivity contribution in [3.8, 4) is 5.75 Å². The predicted molar refractivity (Wildman–Crippen MR) is 57.4 cm³/mol. The highest BCUT2D eigenvalue weighted by molar-refractivity contribution is 9.10. The number of aliphatic hydroxyl groups is 1. The fourth-order valence-electron chi connectivity index (χ4n) is 0.933. The zero-order valence-corrected chi connectivity index (χ0v) is 10.1. The fraction of sp³-hybridized carbons (Fsp3) is 0.100. The van der Waals surface area contributed by atoms with Gasteiger partial charge in [0.1, 0.15) is 12.1 Å². The molecule has 0 aliphatic carbocycles. The number of aliphatic hydroxyl groups excluding tert-OH is 1. The molecule has 0 aromatic heterocycles. The summed E-state index contributed by atoms with van der Waals surface area (Å²) < 4.78 is 35.1. The number of hydrogen-bond acceptors (Lipinski definition) is 4. The summed E-state index contributed by atoms with van der Waals surface area (Å²) in [4.78, 5) is 11.0. The second-order valence-corrected chi connectivity index (χ2v) is 3.55. The molecule has 92 valence electrons. The Bertz CT molecular complexity index is 474. The number of halogens is 3. The summed E-state index contributed by atoms with van der Waals surface area (Å²) in [6.07, 6.45) is 0.294. The molecular formula is C10H7BrF2O4. The number of carbonyl (C=O) groups excluding carboxylic acids is 1. The number of benzene rings is 1. The van der Waals surface area contributed by atoms with E-state index in [9.17, 15) is 13.6 Å². The van der Waals surface area contributed by atoms with Gasteiger partial charge in [-0.15, -0.1) is 0 Å². The van der Waals surface area contributed by atoms with Crippen LogP contribution in [0.1, 0.15) is 0 Å². The molecule has 0 fully saturated rings. The average Bonchev–Trinajstić information content (AvgIpc) is 2.33. The van der Waals surface area contributed by atoms with Crippen molar-refractivity contribution >= 4 is 21.9 Å². The minimum Gasteiger partial charge on any atom is -0.511 e. The predicted octanol–water partition coefficient (Wildman–Crippen LogP) is 2.68. The Hall–Kier alpha value is -1.63. The van der Waals surface area contributed by atoms with E-state index in [1.54, 1.807) is 0 Å². The molecule has 0 heterocycles. The van der Waals surface area contributed by atoms with Crippen LogP contribution in [0, 0.1) is 11.6 Å². The van der Waals surface area contributed by atoms with Gasteiger partial charge in [0.15, 0.2) is 11.6 Å². The first-order valence-corrected chi connectivity index (χ1v) is 5.04. The van der Waals surface area contributed by atoms with Crippen LogP contribution >= 0.6 is 15.9 Å². The topological polar surface area (TPSA) is 55.8 Å². The molecule has 0 radical (unpaired) electrons. The van der Waals surface area contributed by atoms with Crippen LogP contribution < -0.4 is 4.74 Å². The minimum atomic E-state index is -1.02. The monoisotopic (exact) mass is 308 g/mol. The highest BCUT2D eigenvalue weighted by Gasteiger charge is 2.19. The number of esters is 1. The smallest absolute Gasteiger partial charge is 0.377 e. The number of ether oxygens (including phenoxy) is 2. The van der Waals surface area contributed by atoms with Crippen LogP contribution in [0.3, 0.4) is 0 Å². The summed E-state index contributed by atoms with van der Waals surface area (Å²) in [6, 6.07) is 1.70. The van der Waals surface area contributed by atoms with Gasteiger partial charge in [0.25, 0.3) is 0 Å². The normalized spacial score (nSPS) is 11.2. The van der Waals surface area contributed by atoms with Gasteiger partial charge < -0.3 is 14.6 Å². The van der Waals surface area contributed by atoms with Crippen molar-refractivity contribution in [2.45, 2.75) is 0 Å². The first kappa shape index (κ1) is 13.4. The zero-order chi connectivity index (χ0) is 13.0. The fourth-order valence-corrected chi connectivity index (χ4v) is 1.34. The SMILES string of the molecule is COC(=O)/C(=C\O)Oc1c(F)ccc(F)c1Br. The second-order valence-electron chi connectivity index (χ2n) is 2.76. The van der Waals surface area contributed by atoms with Crippen LogP contribution in [0.4, 0.5) is 8.78 Å². The van der Waals surface area contributed by atoms with E-state index < -0.39 is 29.1 Å². The first-order chi connectivity index (χ1) is 8.01. The maximum Gasteiger partial charge on any atom is 0.377 e. The van der Waals surface area contributed by atoms with Crippen LogP contribution in [0.2, 0.25) is 0 Å². The van der Waals surface area contributed by atoms with Crippen LogP contribution in [0.5, 0.6) is 5.75 Å². The van der Waals surface area contributed by atoms with E-state index >= 15 is 0 Å². The Kier molecular flexibility index (Phi) is 4.45. The van der Waals surface area contributed by atoms with E-state index in [1.807, 2.05) is 0 Å². The van der Waals surface area contributed by atoms with Gasteiger partial charge >= 0.3 is 5.97 Å². The van der Waals surface area contributed by atoms with Crippen molar-refractivity contribution in [1.29, 1.82) is 0 Å².